The molecule has 0 saturated carbocycles. The summed E-state index contributed by atoms with van der Waals surface area (Å²) in [7, 11) is 0. The zero-order chi connectivity index (χ0) is 13.4. The van der Waals surface area contributed by atoms with Crippen LogP contribution < -0.4 is 11.1 Å². The van der Waals surface area contributed by atoms with Gasteiger partial charge in [0, 0.05) is 12.2 Å². The molecule has 96 valence electrons. The summed E-state index contributed by atoms with van der Waals surface area (Å²) in [6, 6.07) is 6.44. The molecule has 0 aliphatic rings. The van der Waals surface area contributed by atoms with Crippen LogP contribution in [-0.4, -0.2) is 0 Å². The summed E-state index contributed by atoms with van der Waals surface area (Å²) >= 11 is 0. The Morgan fingerprint density at radius 1 is 1.44 bits per heavy atom. The third-order valence-electron chi connectivity index (χ3n) is 2.96. The number of benzene rings is 1. The molecule has 0 saturated heterocycles. The van der Waals surface area contributed by atoms with Crippen molar-refractivity contribution in [1.82, 2.24) is 5.32 Å². The Hall–Kier alpha value is -1.96. The summed E-state index contributed by atoms with van der Waals surface area (Å²) in [4.78, 5) is 0. The van der Waals surface area contributed by atoms with Crippen molar-refractivity contribution in [3.63, 3.8) is 0 Å². The van der Waals surface area contributed by atoms with Gasteiger partial charge in [-0.3, -0.25) is 0 Å². The molecule has 18 heavy (non-hydrogen) atoms. The molecule has 2 nitrogen and oxygen atoms in total. The molecular weight excluding hydrogens is 220 g/mol. The maximum atomic E-state index is 5.32. The van der Waals surface area contributed by atoms with Crippen molar-refractivity contribution in [3.05, 3.63) is 71.6 Å². The molecule has 0 atom stereocenters. The van der Waals surface area contributed by atoms with Gasteiger partial charge in [0.05, 0.1) is 0 Å². The highest BCUT2D eigenvalue weighted by molar-refractivity contribution is 5.35. The zero-order valence-electron chi connectivity index (χ0n) is 11.2. The van der Waals surface area contributed by atoms with Gasteiger partial charge < -0.3 is 11.1 Å². The first-order valence-electron chi connectivity index (χ1n) is 6.25. The summed E-state index contributed by atoms with van der Waals surface area (Å²) in [6.45, 7) is 8.92. The van der Waals surface area contributed by atoms with Crippen LogP contribution >= 0.6 is 0 Å². The van der Waals surface area contributed by atoms with Gasteiger partial charge in [0.25, 0.3) is 0 Å². The molecule has 0 radical (unpaired) electrons. The van der Waals surface area contributed by atoms with Crippen molar-refractivity contribution < 1.29 is 0 Å². The highest BCUT2D eigenvalue weighted by atomic mass is 14.9. The van der Waals surface area contributed by atoms with Crippen LogP contribution in [0.15, 0.2) is 54.9 Å². The van der Waals surface area contributed by atoms with E-state index in [9.17, 15) is 0 Å². The molecule has 0 aliphatic carbocycles. The van der Waals surface area contributed by atoms with Crippen LogP contribution in [0.5, 0.6) is 0 Å². The van der Waals surface area contributed by atoms with Gasteiger partial charge in [-0.25, -0.2) is 0 Å². The Bertz CT molecular complexity index is 456. The number of nitrogens with two attached hydrogens (primary N) is 1. The molecule has 0 bridgehead atoms. The molecule has 0 aliphatic heterocycles. The van der Waals surface area contributed by atoms with E-state index in [4.69, 9.17) is 5.73 Å². The summed E-state index contributed by atoms with van der Waals surface area (Å²) in [5.74, 6) is 0. The number of allylic oxidation sites excluding steroid dienone is 3. The number of aryl methyl sites for hydroxylation is 2. The Morgan fingerprint density at radius 2 is 2.22 bits per heavy atom. The molecular formula is C16H22N2. The predicted octanol–water partition coefficient (Wildman–Crippen LogP) is 3.19. The summed E-state index contributed by atoms with van der Waals surface area (Å²) in [6.07, 6.45) is 8.06. The minimum Gasteiger partial charge on any atom is -0.405 e. The highest BCUT2D eigenvalue weighted by Gasteiger charge is 2.03. The number of nitrogens with one attached hydrogen (secondary N) is 1. The number of rotatable bonds is 6. The molecule has 0 heterocycles. The molecule has 0 fully saturated rings. The fourth-order valence-corrected chi connectivity index (χ4v) is 1.90. The van der Waals surface area contributed by atoms with E-state index in [1.54, 1.807) is 12.2 Å². The Balaban J connectivity index is 2.82. The molecule has 0 aromatic heterocycles. The van der Waals surface area contributed by atoms with E-state index >= 15 is 0 Å². The quantitative estimate of drug-likeness (QED) is 0.752. The van der Waals surface area contributed by atoms with E-state index in [0.717, 1.165) is 18.7 Å². The monoisotopic (exact) mass is 242 g/mol. The number of hydrogen-bond acceptors (Lipinski definition) is 2. The molecule has 0 unspecified atom stereocenters. The maximum absolute atomic E-state index is 5.32. The second-order valence-electron chi connectivity index (χ2n) is 4.13. The molecule has 1 aromatic rings. The van der Waals surface area contributed by atoms with Gasteiger partial charge in [0.2, 0.25) is 0 Å². The van der Waals surface area contributed by atoms with Gasteiger partial charge in [0.15, 0.2) is 0 Å². The van der Waals surface area contributed by atoms with Gasteiger partial charge in [-0.2, -0.15) is 0 Å². The van der Waals surface area contributed by atoms with Crippen LogP contribution in [0.1, 0.15) is 23.6 Å². The van der Waals surface area contributed by atoms with E-state index in [0.29, 0.717) is 0 Å². The molecule has 0 amide bonds. The minimum absolute atomic E-state index is 0.812. The topological polar surface area (TPSA) is 38.0 Å². The fraction of sp³-hybridized carbons (Fsp3) is 0.250. The van der Waals surface area contributed by atoms with Crippen molar-refractivity contribution in [2.75, 3.05) is 0 Å². The van der Waals surface area contributed by atoms with Crippen LogP contribution in [-0.2, 0) is 13.0 Å². The van der Waals surface area contributed by atoms with E-state index in [1.165, 1.54) is 22.9 Å². The SMILES string of the molecule is C=C/C(=C\C=C/N)NCc1c(C)cccc1CC. The normalized spacial score (nSPS) is 11.8. The van der Waals surface area contributed by atoms with Gasteiger partial charge in [-0.05, 0) is 54.5 Å². The lowest BCUT2D eigenvalue weighted by Crippen LogP contribution is -2.13. The van der Waals surface area contributed by atoms with Gasteiger partial charge >= 0.3 is 0 Å². The third-order valence-corrected chi connectivity index (χ3v) is 2.96. The minimum atomic E-state index is 0.812. The second-order valence-corrected chi connectivity index (χ2v) is 4.13. The smallest absolute Gasteiger partial charge is 0.0406 e. The van der Waals surface area contributed by atoms with E-state index in [1.807, 2.05) is 6.08 Å². The standard InChI is InChI=1S/C16H22N2/c1-4-14-9-6-8-13(3)16(14)12-18-15(5-2)10-7-11-17/h5-11,18H,2,4,12,17H2,1,3H3/b11-7-,15-10+. The van der Waals surface area contributed by atoms with Crippen LogP contribution in [0, 0.1) is 6.92 Å². The van der Waals surface area contributed by atoms with E-state index in [-0.39, 0.29) is 0 Å². The average Bonchev–Trinajstić information content (AvgIpc) is 2.40. The van der Waals surface area contributed by atoms with Gasteiger partial charge in [-0.1, -0.05) is 31.7 Å². The van der Waals surface area contributed by atoms with Crippen molar-refractivity contribution in [2.24, 2.45) is 5.73 Å². The summed E-state index contributed by atoms with van der Waals surface area (Å²) in [5.41, 5.74) is 10.4. The molecule has 1 aromatic carbocycles. The third kappa shape index (κ3) is 3.81. The second kappa shape index (κ2) is 7.38. The molecule has 3 N–H and O–H groups in total. The lowest BCUT2D eigenvalue weighted by Gasteiger charge is -2.13. The Labute approximate surface area is 110 Å². The molecule has 1 rings (SSSR count). The Kier molecular flexibility index (Phi) is 5.78. The first-order chi connectivity index (χ1) is 8.72. The number of hydrogen-bond donors (Lipinski definition) is 2. The lowest BCUT2D eigenvalue weighted by atomic mass is 10.00. The lowest BCUT2D eigenvalue weighted by molar-refractivity contribution is 0.814. The van der Waals surface area contributed by atoms with E-state index < -0.39 is 0 Å². The maximum Gasteiger partial charge on any atom is 0.0406 e. The van der Waals surface area contributed by atoms with Crippen LogP contribution in [0.25, 0.3) is 0 Å². The van der Waals surface area contributed by atoms with Crippen molar-refractivity contribution in [2.45, 2.75) is 26.8 Å². The van der Waals surface area contributed by atoms with Crippen molar-refractivity contribution in [3.8, 4) is 0 Å². The van der Waals surface area contributed by atoms with Gasteiger partial charge in [0.1, 0.15) is 0 Å². The van der Waals surface area contributed by atoms with Crippen LogP contribution in [0.4, 0.5) is 0 Å². The van der Waals surface area contributed by atoms with E-state index in [2.05, 4.69) is 43.9 Å². The molecule has 2 heteroatoms. The highest BCUT2D eigenvalue weighted by Crippen LogP contribution is 2.15. The summed E-state index contributed by atoms with van der Waals surface area (Å²) < 4.78 is 0. The van der Waals surface area contributed by atoms with Crippen molar-refractivity contribution >= 4 is 0 Å². The van der Waals surface area contributed by atoms with Gasteiger partial charge in [-0.15, -0.1) is 0 Å². The summed E-state index contributed by atoms with van der Waals surface area (Å²) in [5, 5.41) is 3.37. The first-order valence-corrected chi connectivity index (χ1v) is 6.25. The fourth-order valence-electron chi connectivity index (χ4n) is 1.90. The van der Waals surface area contributed by atoms with Crippen molar-refractivity contribution in [1.29, 1.82) is 0 Å². The van der Waals surface area contributed by atoms with Crippen LogP contribution in [0.3, 0.4) is 0 Å². The first kappa shape index (κ1) is 14.1. The largest absolute Gasteiger partial charge is 0.405 e. The average molecular weight is 242 g/mol. The molecule has 0 spiro atoms. The zero-order valence-corrected chi connectivity index (χ0v) is 11.2. The van der Waals surface area contributed by atoms with Crippen LogP contribution in [0.2, 0.25) is 0 Å². The Morgan fingerprint density at radius 3 is 2.83 bits per heavy atom. The predicted molar refractivity (Wildman–Crippen MR) is 79.0 cm³/mol.